The number of methoxy groups -OCH3 is 1. The van der Waals surface area contributed by atoms with Crippen LogP contribution in [0.2, 0.25) is 5.02 Å². The van der Waals surface area contributed by atoms with Crippen molar-refractivity contribution < 1.29 is 27.1 Å². The second-order valence-corrected chi connectivity index (χ2v) is 9.03. The van der Waals surface area contributed by atoms with Crippen LogP contribution in [0.3, 0.4) is 0 Å². The van der Waals surface area contributed by atoms with E-state index in [0.717, 1.165) is 21.3 Å². The minimum atomic E-state index is -4.65. The van der Waals surface area contributed by atoms with Gasteiger partial charge in [-0.05, 0) is 48.0 Å². The average Bonchev–Trinajstić information content (AvgIpc) is 3.30. The number of hydrogen-bond donors (Lipinski definition) is 1. The number of anilines is 1. The van der Waals surface area contributed by atoms with Crippen LogP contribution in [-0.2, 0) is 24.1 Å². The summed E-state index contributed by atoms with van der Waals surface area (Å²) in [7, 11) is 1.51. The first-order valence-electron chi connectivity index (χ1n) is 11.5. The van der Waals surface area contributed by atoms with E-state index in [-0.39, 0.29) is 28.4 Å². The molecule has 200 valence electrons. The fourth-order valence-electron chi connectivity index (χ4n) is 4.23. The van der Waals surface area contributed by atoms with Crippen LogP contribution in [0.15, 0.2) is 80.7 Å². The Bertz CT molecular complexity index is 1840. The molecule has 1 amide bonds. The average molecular weight is 558 g/mol. The van der Waals surface area contributed by atoms with Gasteiger partial charge in [0.2, 0.25) is 11.5 Å². The van der Waals surface area contributed by atoms with Crippen molar-refractivity contribution >= 4 is 45.3 Å². The number of halogens is 4. The highest BCUT2D eigenvalue weighted by Gasteiger charge is 2.31. The molecule has 3 aromatic carbocycles. The van der Waals surface area contributed by atoms with E-state index in [1.54, 1.807) is 48.5 Å². The van der Waals surface area contributed by atoms with Gasteiger partial charge < -0.3 is 14.5 Å². The Hall–Kier alpha value is -4.51. The molecule has 0 atom stereocenters. The van der Waals surface area contributed by atoms with Crippen molar-refractivity contribution in [1.82, 2.24) is 9.13 Å². The van der Waals surface area contributed by atoms with Crippen molar-refractivity contribution in [2.45, 2.75) is 19.3 Å². The summed E-state index contributed by atoms with van der Waals surface area (Å²) in [6.07, 6.45) is -4.65. The minimum Gasteiger partial charge on any atom is -0.497 e. The number of fused-ring (bicyclic) bond motifs is 3. The lowest BCUT2D eigenvalue weighted by atomic mass is 10.2. The van der Waals surface area contributed by atoms with Gasteiger partial charge in [-0.25, -0.2) is 4.79 Å². The monoisotopic (exact) mass is 557 g/mol. The zero-order valence-corrected chi connectivity index (χ0v) is 21.0. The molecule has 5 aromatic rings. The number of hydrogen-bond acceptors (Lipinski definition) is 5. The van der Waals surface area contributed by atoms with Gasteiger partial charge in [0.25, 0.3) is 5.56 Å². The predicted octanol–water partition coefficient (Wildman–Crippen LogP) is 5.28. The van der Waals surface area contributed by atoms with E-state index < -0.39 is 35.4 Å². The van der Waals surface area contributed by atoms with Gasteiger partial charge in [-0.15, -0.1) is 0 Å². The summed E-state index contributed by atoms with van der Waals surface area (Å²) in [5.74, 6) is -0.249. The van der Waals surface area contributed by atoms with Crippen molar-refractivity contribution in [3.05, 3.63) is 104 Å². The topological polar surface area (TPSA) is 95.5 Å². The summed E-state index contributed by atoms with van der Waals surface area (Å²) >= 11 is 6.02. The maximum Gasteiger partial charge on any atom is 0.416 e. The molecule has 0 saturated carbocycles. The normalized spacial score (nSPS) is 11.7. The van der Waals surface area contributed by atoms with Crippen LogP contribution in [0, 0.1) is 0 Å². The number of alkyl halides is 3. The molecule has 0 bridgehead atoms. The molecule has 8 nitrogen and oxygen atoms in total. The molecule has 0 unspecified atom stereocenters. The molecule has 0 aliphatic carbocycles. The highest BCUT2D eigenvalue weighted by molar-refractivity contribution is 6.33. The summed E-state index contributed by atoms with van der Waals surface area (Å²) < 4.78 is 52.4. The number of nitrogens with one attached hydrogen (secondary N) is 1. The standard InChI is InChI=1S/C27H19ClF3N3O5/c1-38-17-9-6-15(7-10-17)13-34-25(36)24-23(18-4-2-3-5-21(18)39-24)33(26(34)37)14-22(35)32-20-12-16(27(29,30)31)8-11-19(20)28/h2-12H,13-14H2,1H3,(H,32,35). The van der Waals surface area contributed by atoms with Gasteiger partial charge in [-0.3, -0.25) is 18.7 Å². The number of para-hydroxylation sites is 1. The molecule has 0 radical (unpaired) electrons. The molecular formula is C27H19ClF3N3O5. The lowest BCUT2D eigenvalue weighted by molar-refractivity contribution is -0.137. The van der Waals surface area contributed by atoms with E-state index in [4.69, 9.17) is 20.8 Å². The number of furan rings is 1. The Balaban J connectivity index is 1.60. The molecule has 2 heterocycles. The highest BCUT2D eigenvalue weighted by atomic mass is 35.5. The fourth-order valence-corrected chi connectivity index (χ4v) is 4.39. The molecule has 39 heavy (non-hydrogen) atoms. The second kappa shape index (κ2) is 9.99. The van der Waals surface area contributed by atoms with E-state index in [2.05, 4.69) is 5.32 Å². The van der Waals surface area contributed by atoms with E-state index in [1.165, 1.54) is 7.11 Å². The fraction of sp³-hybridized carbons (Fsp3) is 0.148. The van der Waals surface area contributed by atoms with Gasteiger partial charge in [-0.1, -0.05) is 35.9 Å². The van der Waals surface area contributed by atoms with E-state index >= 15 is 0 Å². The van der Waals surface area contributed by atoms with Crippen molar-refractivity contribution in [2.75, 3.05) is 12.4 Å². The van der Waals surface area contributed by atoms with Crippen LogP contribution in [0.1, 0.15) is 11.1 Å². The van der Waals surface area contributed by atoms with Crippen LogP contribution >= 0.6 is 11.6 Å². The largest absolute Gasteiger partial charge is 0.497 e. The Morgan fingerprint density at radius 2 is 1.74 bits per heavy atom. The third kappa shape index (κ3) is 5.00. The third-order valence-electron chi connectivity index (χ3n) is 6.11. The summed E-state index contributed by atoms with van der Waals surface area (Å²) in [6.45, 7) is -0.760. The maximum atomic E-state index is 13.6. The SMILES string of the molecule is COc1ccc(Cn2c(=O)c3oc4ccccc4c3n(CC(=O)Nc3cc(C(F)(F)F)ccc3Cl)c2=O)cc1. The van der Waals surface area contributed by atoms with Crippen molar-refractivity contribution in [3.63, 3.8) is 0 Å². The Morgan fingerprint density at radius 1 is 1.03 bits per heavy atom. The predicted molar refractivity (Wildman–Crippen MR) is 139 cm³/mol. The van der Waals surface area contributed by atoms with Gasteiger partial charge in [0.05, 0.1) is 29.9 Å². The van der Waals surface area contributed by atoms with E-state index in [9.17, 15) is 27.6 Å². The number of carbonyl (C=O) groups is 1. The van der Waals surface area contributed by atoms with Crippen LogP contribution in [0.25, 0.3) is 22.1 Å². The first-order valence-corrected chi connectivity index (χ1v) is 11.9. The smallest absolute Gasteiger partial charge is 0.416 e. The molecule has 0 fully saturated rings. The van der Waals surface area contributed by atoms with Crippen molar-refractivity contribution in [2.24, 2.45) is 0 Å². The van der Waals surface area contributed by atoms with Gasteiger partial charge >= 0.3 is 11.9 Å². The van der Waals surface area contributed by atoms with Crippen LogP contribution in [0.4, 0.5) is 18.9 Å². The number of benzene rings is 3. The van der Waals surface area contributed by atoms with Gasteiger partial charge in [-0.2, -0.15) is 13.2 Å². The highest BCUT2D eigenvalue weighted by Crippen LogP contribution is 2.34. The molecule has 1 N–H and O–H groups in total. The van der Waals surface area contributed by atoms with Crippen molar-refractivity contribution in [3.8, 4) is 5.75 Å². The zero-order chi connectivity index (χ0) is 27.9. The number of rotatable bonds is 6. The quantitative estimate of drug-likeness (QED) is 0.307. The van der Waals surface area contributed by atoms with E-state index in [0.29, 0.717) is 28.3 Å². The molecule has 5 rings (SSSR count). The molecule has 2 aromatic heterocycles. The summed E-state index contributed by atoms with van der Waals surface area (Å²) in [4.78, 5) is 40.0. The molecule has 12 heteroatoms. The zero-order valence-electron chi connectivity index (χ0n) is 20.2. The van der Waals surface area contributed by atoms with Gasteiger partial charge in [0.15, 0.2) is 0 Å². The van der Waals surface area contributed by atoms with Crippen molar-refractivity contribution in [1.29, 1.82) is 0 Å². The van der Waals surface area contributed by atoms with Crippen LogP contribution < -0.4 is 21.3 Å². The Morgan fingerprint density at radius 3 is 2.44 bits per heavy atom. The first kappa shape index (κ1) is 26.1. The summed E-state index contributed by atoms with van der Waals surface area (Å²) in [6, 6.07) is 15.8. The second-order valence-electron chi connectivity index (χ2n) is 8.62. The lowest BCUT2D eigenvalue weighted by Gasteiger charge is -2.14. The number of nitrogens with zero attached hydrogens (tertiary/aromatic N) is 2. The summed E-state index contributed by atoms with van der Waals surface area (Å²) in [5.41, 5.74) is -1.90. The van der Waals surface area contributed by atoms with Gasteiger partial charge in [0, 0.05) is 5.39 Å². The minimum absolute atomic E-state index is 0.0943. The molecule has 0 aliphatic heterocycles. The maximum absolute atomic E-state index is 13.6. The Labute approximate surface area is 222 Å². The number of carbonyl (C=O) groups excluding carboxylic acids is 1. The first-order chi connectivity index (χ1) is 18.6. The van der Waals surface area contributed by atoms with E-state index in [1.807, 2.05) is 0 Å². The molecule has 0 spiro atoms. The molecule has 0 aliphatic rings. The lowest BCUT2D eigenvalue weighted by Crippen LogP contribution is -2.41. The van der Waals surface area contributed by atoms with Crippen LogP contribution in [0.5, 0.6) is 5.75 Å². The van der Waals surface area contributed by atoms with Crippen LogP contribution in [-0.4, -0.2) is 22.2 Å². The number of aromatic nitrogens is 2. The number of amides is 1. The molecular weight excluding hydrogens is 539 g/mol. The molecule has 0 saturated heterocycles. The van der Waals surface area contributed by atoms with Gasteiger partial charge in [0.1, 0.15) is 23.4 Å². The summed E-state index contributed by atoms with van der Waals surface area (Å²) in [5, 5.41) is 2.64. The third-order valence-corrected chi connectivity index (χ3v) is 6.44. The Kier molecular flexibility index (Phi) is 6.69. The number of ether oxygens (including phenoxy) is 1.